The second kappa shape index (κ2) is 8.83. The van der Waals surface area contributed by atoms with Crippen LogP contribution in [0.15, 0.2) is 0 Å². The summed E-state index contributed by atoms with van der Waals surface area (Å²) >= 11 is 2.13. The number of ether oxygens (including phenoxy) is 1. The molecule has 2 saturated carbocycles. The lowest BCUT2D eigenvalue weighted by Gasteiger charge is -2.39. The second-order valence-corrected chi connectivity index (χ2v) is 10.2. The molecule has 2 heterocycles. The molecule has 0 bridgehead atoms. The predicted octanol–water partition coefficient (Wildman–Crippen LogP) is 4.14. The van der Waals surface area contributed by atoms with E-state index in [9.17, 15) is 4.79 Å². The van der Waals surface area contributed by atoms with Gasteiger partial charge in [-0.15, -0.1) is 11.8 Å². The van der Waals surface area contributed by atoms with E-state index in [0.29, 0.717) is 22.8 Å². The van der Waals surface area contributed by atoms with Gasteiger partial charge in [-0.2, -0.15) is 0 Å². The highest BCUT2D eigenvalue weighted by Crippen LogP contribution is 2.44. The van der Waals surface area contributed by atoms with E-state index in [1.165, 1.54) is 77.2 Å². The van der Waals surface area contributed by atoms with Crippen molar-refractivity contribution in [3.05, 3.63) is 0 Å². The van der Waals surface area contributed by atoms with Crippen molar-refractivity contribution in [1.82, 2.24) is 10.2 Å². The Labute approximate surface area is 163 Å². The Balaban J connectivity index is 1.50. The monoisotopic (exact) mass is 380 g/mol. The van der Waals surface area contributed by atoms with E-state index >= 15 is 0 Å². The smallest absolute Gasteiger partial charge is 0.309 e. The van der Waals surface area contributed by atoms with Crippen LogP contribution in [0.4, 0.5) is 0 Å². The van der Waals surface area contributed by atoms with Crippen LogP contribution in [0.5, 0.6) is 0 Å². The van der Waals surface area contributed by atoms with Crippen LogP contribution in [0.2, 0.25) is 0 Å². The normalized spacial score (nSPS) is 39.5. The van der Waals surface area contributed by atoms with E-state index in [4.69, 9.17) is 4.74 Å². The Bertz CT molecular complexity index is 483. The molecule has 0 spiro atoms. The molecule has 0 aromatic carbocycles. The minimum Gasteiger partial charge on any atom is -0.469 e. The number of rotatable bonds is 4. The number of nitrogens with zero attached hydrogens (tertiary/aromatic N) is 1. The number of hydrogen-bond acceptors (Lipinski definition) is 5. The quantitative estimate of drug-likeness (QED) is 0.742. The number of fused-ring (bicyclic) bond motifs is 1. The van der Waals surface area contributed by atoms with Gasteiger partial charge in [-0.25, -0.2) is 0 Å². The fourth-order valence-corrected chi connectivity index (χ4v) is 7.81. The van der Waals surface area contributed by atoms with E-state index in [1.807, 2.05) is 0 Å². The molecule has 4 fully saturated rings. The number of hydrogen-bond donors (Lipinski definition) is 1. The first-order valence-corrected chi connectivity index (χ1v) is 12.0. The van der Waals surface area contributed by atoms with Crippen molar-refractivity contribution in [2.24, 2.45) is 11.8 Å². The fourth-order valence-electron chi connectivity index (χ4n) is 5.83. The van der Waals surface area contributed by atoms with Gasteiger partial charge < -0.3 is 4.74 Å². The van der Waals surface area contributed by atoms with Gasteiger partial charge in [-0.1, -0.05) is 32.1 Å². The van der Waals surface area contributed by atoms with Crippen LogP contribution in [-0.2, 0) is 9.53 Å². The number of thioether (sulfide) groups is 1. The molecule has 4 rings (SSSR count). The van der Waals surface area contributed by atoms with Crippen LogP contribution in [-0.4, -0.2) is 47.4 Å². The number of esters is 1. The highest BCUT2D eigenvalue weighted by Gasteiger charge is 2.47. The minimum atomic E-state index is 0.0255. The fraction of sp³-hybridized carbons (Fsp3) is 0.952. The van der Waals surface area contributed by atoms with Crippen LogP contribution < -0.4 is 5.32 Å². The summed E-state index contributed by atoms with van der Waals surface area (Å²) in [6, 6.07) is 0.614. The molecule has 1 N–H and O–H groups in total. The number of piperidine rings is 1. The number of nitrogens with one attached hydrogen (secondary N) is 1. The molecule has 2 aliphatic carbocycles. The van der Waals surface area contributed by atoms with E-state index in [1.54, 1.807) is 7.11 Å². The standard InChI is InChI=1S/C21H36N2O2S/c1-25-21(24)16-11-5-6-12-17(16)26-20-19(15-9-3-2-4-10-15)22-18-13-7-8-14-23(18)20/h15-20,22H,2-14H2,1H3. The van der Waals surface area contributed by atoms with Crippen LogP contribution in [0, 0.1) is 11.8 Å². The topological polar surface area (TPSA) is 41.6 Å². The maximum absolute atomic E-state index is 12.4. The summed E-state index contributed by atoms with van der Waals surface area (Å²) in [7, 11) is 1.56. The molecule has 0 aromatic rings. The van der Waals surface area contributed by atoms with Gasteiger partial charge >= 0.3 is 5.97 Å². The number of methoxy groups -OCH3 is 1. The van der Waals surface area contributed by atoms with E-state index in [-0.39, 0.29) is 11.9 Å². The average molecular weight is 381 g/mol. The molecule has 5 atom stereocenters. The zero-order valence-electron chi connectivity index (χ0n) is 16.3. The Morgan fingerprint density at radius 3 is 2.50 bits per heavy atom. The van der Waals surface area contributed by atoms with Gasteiger partial charge in [0.2, 0.25) is 0 Å². The molecular formula is C21H36N2O2S. The highest BCUT2D eigenvalue weighted by atomic mass is 32.2. The van der Waals surface area contributed by atoms with Crippen molar-refractivity contribution in [2.45, 2.75) is 99.9 Å². The zero-order chi connectivity index (χ0) is 17.9. The SMILES string of the molecule is COC(=O)C1CCCCC1SC1C(C2CCCCC2)NC2CCCCN21. The van der Waals surface area contributed by atoms with E-state index in [2.05, 4.69) is 22.0 Å². The molecule has 0 amide bonds. The maximum Gasteiger partial charge on any atom is 0.309 e. The molecule has 148 valence electrons. The zero-order valence-corrected chi connectivity index (χ0v) is 17.1. The Morgan fingerprint density at radius 2 is 1.69 bits per heavy atom. The van der Waals surface area contributed by atoms with Gasteiger partial charge in [-0.3, -0.25) is 15.0 Å². The summed E-state index contributed by atoms with van der Waals surface area (Å²) < 4.78 is 5.15. The average Bonchev–Trinajstić information content (AvgIpc) is 3.07. The summed E-state index contributed by atoms with van der Waals surface area (Å²) in [4.78, 5) is 15.1. The predicted molar refractivity (Wildman–Crippen MR) is 107 cm³/mol. The molecule has 2 aliphatic heterocycles. The summed E-state index contributed by atoms with van der Waals surface area (Å²) in [5, 5.41) is 5.04. The molecule has 5 heteroatoms. The van der Waals surface area contributed by atoms with Crippen molar-refractivity contribution in [3.8, 4) is 0 Å². The first kappa shape index (κ1) is 19.1. The summed E-state index contributed by atoms with van der Waals surface area (Å²) in [6.45, 7) is 1.23. The third-order valence-corrected chi connectivity index (χ3v) is 9.00. The lowest BCUT2D eigenvalue weighted by molar-refractivity contribution is -0.146. The van der Waals surface area contributed by atoms with E-state index in [0.717, 1.165) is 12.3 Å². The largest absolute Gasteiger partial charge is 0.469 e. The van der Waals surface area contributed by atoms with Crippen LogP contribution >= 0.6 is 11.8 Å². The summed E-state index contributed by atoms with van der Waals surface area (Å²) in [6.07, 6.45) is 16.2. The molecule has 0 radical (unpaired) electrons. The van der Waals surface area contributed by atoms with E-state index < -0.39 is 0 Å². The minimum absolute atomic E-state index is 0.0255. The Kier molecular flexibility index (Phi) is 6.48. The third-order valence-electron chi connectivity index (χ3n) is 7.24. The summed E-state index contributed by atoms with van der Waals surface area (Å²) in [5.41, 5.74) is 0. The molecule has 26 heavy (non-hydrogen) atoms. The molecule has 5 unspecified atom stereocenters. The first-order valence-electron chi connectivity index (χ1n) is 11.0. The number of carbonyl (C=O) groups is 1. The molecule has 4 nitrogen and oxygen atoms in total. The lowest BCUT2D eigenvalue weighted by Crippen LogP contribution is -2.44. The van der Waals surface area contributed by atoms with Gasteiger partial charge in [0.25, 0.3) is 0 Å². The van der Waals surface area contributed by atoms with Gasteiger partial charge in [0.1, 0.15) is 0 Å². The Morgan fingerprint density at radius 1 is 0.962 bits per heavy atom. The van der Waals surface area contributed by atoms with Crippen molar-refractivity contribution < 1.29 is 9.53 Å². The molecule has 0 aromatic heterocycles. The molecule has 4 aliphatic rings. The van der Waals surface area contributed by atoms with Crippen LogP contribution in [0.25, 0.3) is 0 Å². The first-order chi connectivity index (χ1) is 12.8. The van der Waals surface area contributed by atoms with Gasteiger partial charge in [0.15, 0.2) is 0 Å². The number of carbonyl (C=O) groups excluding carboxylic acids is 1. The van der Waals surface area contributed by atoms with Crippen molar-refractivity contribution in [1.29, 1.82) is 0 Å². The van der Waals surface area contributed by atoms with Gasteiger partial charge in [0, 0.05) is 17.8 Å². The van der Waals surface area contributed by atoms with Crippen LogP contribution in [0.1, 0.15) is 77.0 Å². The Hall–Kier alpha value is -0.260. The van der Waals surface area contributed by atoms with Crippen molar-refractivity contribution in [3.63, 3.8) is 0 Å². The molecule has 2 saturated heterocycles. The summed E-state index contributed by atoms with van der Waals surface area (Å²) in [5.74, 6) is 0.958. The highest BCUT2D eigenvalue weighted by molar-refractivity contribution is 8.00. The van der Waals surface area contributed by atoms with Gasteiger partial charge in [0.05, 0.1) is 24.6 Å². The molecular weight excluding hydrogens is 344 g/mol. The third kappa shape index (κ3) is 3.95. The van der Waals surface area contributed by atoms with Crippen molar-refractivity contribution >= 4 is 17.7 Å². The van der Waals surface area contributed by atoms with Crippen molar-refractivity contribution in [2.75, 3.05) is 13.7 Å². The maximum atomic E-state index is 12.4. The van der Waals surface area contributed by atoms with Crippen LogP contribution in [0.3, 0.4) is 0 Å². The second-order valence-electron chi connectivity index (χ2n) is 8.82. The lowest BCUT2D eigenvalue weighted by atomic mass is 9.84. The van der Waals surface area contributed by atoms with Gasteiger partial charge in [-0.05, 0) is 50.9 Å².